The van der Waals surface area contributed by atoms with Gasteiger partial charge in [-0.05, 0) is 33.6 Å². The normalized spacial score (nSPS) is 21.2. The maximum absolute atomic E-state index is 5.67. The lowest BCUT2D eigenvalue weighted by Gasteiger charge is -2.48. The highest BCUT2D eigenvalue weighted by Gasteiger charge is 2.38. The molecule has 0 radical (unpaired) electrons. The summed E-state index contributed by atoms with van der Waals surface area (Å²) in [6.45, 7) is 10.7. The average molecular weight is 394 g/mol. The topological polar surface area (TPSA) is 65.7 Å². The molecule has 0 aromatic carbocycles. The number of aliphatic imine (C=N–C) groups is 1. The number of hydrogen-bond acceptors (Lipinski definition) is 5. The molecule has 0 atom stereocenters. The van der Waals surface area contributed by atoms with Crippen LogP contribution in [0.1, 0.15) is 56.4 Å². The second-order valence-electron chi connectivity index (χ2n) is 7.68. The molecule has 0 spiro atoms. The van der Waals surface area contributed by atoms with Gasteiger partial charge in [0, 0.05) is 43.2 Å². The van der Waals surface area contributed by atoms with Gasteiger partial charge >= 0.3 is 0 Å². The Morgan fingerprint density at radius 3 is 2.56 bits per heavy atom. The monoisotopic (exact) mass is 393 g/mol. The SMILES string of the molecule is CCNC(=NCc1nc(C)c(C)o1)NCC1(N2CCSCC2)CCCCC1. The molecule has 1 aromatic heterocycles. The first-order chi connectivity index (χ1) is 13.1. The molecule has 1 aromatic rings. The van der Waals surface area contributed by atoms with Gasteiger partial charge in [0.25, 0.3) is 0 Å². The Morgan fingerprint density at radius 1 is 1.19 bits per heavy atom. The zero-order valence-corrected chi connectivity index (χ0v) is 18.0. The van der Waals surface area contributed by atoms with Gasteiger partial charge in [-0.2, -0.15) is 11.8 Å². The van der Waals surface area contributed by atoms with E-state index in [4.69, 9.17) is 9.41 Å². The van der Waals surface area contributed by atoms with Gasteiger partial charge in [0.2, 0.25) is 5.89 Å². The molecule has 1 aliphatic heterocycles. The second-order valence-corrected chi connectivity index (χ2v) is 8.91. The van der Waals surface area contributed by atoms with Crippen LogP contribution in [0.2, 0.25) is 0 Å². The summed E-state index contributed by atoms with van der Waals surface area (Å²) in [6.07, 6.45) is 6.65. The minimum atomic E-state index is 0.283. The summed E-state index contributed by atoms with van der Waals surface area (Å²) in [6, 6.07) is 0. The van der Waals surface area contributed by atoms with Gasteiger partial charge in [0.15, 0.2) is 5.96 Å². The molecular formula is C20H35N5OS. The standard InChI is InChI=1S/C20H35N5OS/c1-4-21-19(22-14-18-24-16(2)17(3)26-18)23-15-20(8-6-5-7-9-20)25-10-12-27-13-11-25/h4-15H2,1-3H3,(H2,21,22,23). The maximum Gasteiger partial charge on any atom is 0.216 e. The van der Waals surface area contributed by atoms with Crippen molar-refractivity contribution < 1.29 is 4.42 Å². The first-order valence-corrected chi connectivity index (χ1v) is 11.6. The third-order valence-electron chi connectivity index (χ3n) is 5.84. The number of aromatic nitrogens is 1. The van der Waals surface area contributed by atoms with E-state index in [0.29, 0.717) is 12.4 Å². The van der Waals surface area contributed by atoms with Gasteiger partial charge < -0.3 is 15.1 Å². The summed E-state index contributed by atoms with van der Waals surface area (Å²) in [4.78, 5) is 11.9. The molecule has 0 bridgehead atoms. The molecule has 2 fully saturated rings. The molecule has 1 saturated carbocycles. The highest BCUT2D eigenvalue weighted by molar-refractivity contribution is 7.99. The highest BCUT2D eigenvalue weighted by Crippen LogP contribution is 2.34. The zero-order chi connectivity index (χ0) is 19.1. The van der Waals surface area contributed by atoms with Crippen LogP contribution in [-0.2, 0) is 6.54 Å². The number of thioether (sulfide) groups is 1. The van der Waals surface area contributed by atoms with Crippen molar-refractivity contribution in [3.63, 3.8) is 0 Å². The quantitative estimate of drug-likeness (QED) is 0.572. The molecule has 152 valence electrons. The number of rotatable bonds is 6. The van der Waals surface area contributed by atoms with E-state index >= 15 is 0 Å². The van der Waals surface area contributed by atoms with Crippen LogP contribution in [0, 0.1) is 13.8 Å². The Labute approximate surface area is 168 Å². The van der Waals surface area contributed by atoms with Crippen molar-refractivity contribution in [2.45, 2.75) is 65.0 Å². The Hall–Kier alpha value is -1.21. The van der Waals surface area contributed by atoms with Crippen LogP contribution in [0.5, 0.6) is 0 Å². The number of oxazole rings is 1. The lowest BCUT2D eigenvalue weighted by atomic mass is 9.80. The highest BCUT2D eigenvalue weighted by atomic mass is 32.2. The van der Waals surface area contributed by atoms with Gasteiger partial charge in [-0.25, -0.2) is 9.98 Å². The first kappa shape index (κ1) is 20.5. The minimum absolute atomic E-state index is 0.283. The minimum Gasteiger partial charge on any atom is -0.444 e. The van der Waals surface area contributed by atoms with E-state index in [1.54, 1.807) is 0 Å². The lowest BCUT2D eigenvalue weighted by Crippen LogP contribution is -2.59. The Bertz CT molecular complexity index is 598. The van der Waals surface area contributed by atoms with Gasteiger partial charge in [-0.1, -0.05) is 19.3 Å². The van der Waals surface area contributed by atoms with Gasteiger partial charge in [-0.15, -0.1) is 0 Å². The lowest BCUT2D eigenvalue weighted by molar-refractivity contribution is 0.0626. The fourth-order valence-corrected chi connectivity index (χ4v) is 5.10. The molecule has 6 nitrogen and oxygen atoms in total. The molecule has 0 unspecified atom stereocenters. The molecule has 7 heteroatoms. The van der Waals surface area contributed by atoms with Crippen molar-refractivity contribution in [3.8, 4) is 0 Å². The van der Waals surface area contributed by atoms with E-state index in [0.717, 1.165) is 30.5 Å². The van der Waals surface area contributed by atoms with Crippen LogP contribution in [0.15, 0.2) is 9.41 Å². The van der Waals surface area contributed by atoms with Crippen molar-refractivity contribution in [1.82, 2.24) is 20.5 Å². The fourth-order valence-electron chi connectivity index (χ4n) is 4.20. The van der Waals surface area contributed by atoms with Gasteiger partial charge in [0.1, 0.15) is 12.3 Å². The summed E-state index contributed by atoms with van der Waals surface area (Å²) in [5.41, 5.74) is 1.23. The largest absolute Gasteiger partial charge is 0.444 e. The molecule has 2 heterocycles. The van der Waals surface area contributed by atoms with Crippen LogP contribution in [0.4, 0.5) is 0 Å². The molecular weight excluding hydrogens is 358 g/mol. The fraction of sp³-hybridized carbons (Fsp3) is 0.800. The van der Waals surface area contributed by atoms with Crippen molar-refractivity contribution in [1.29, 1.82) is 0 Å². The molecule has 0 amide bonds. The Balaban J connectivity index is 1.65. The first-order valence-electron chi connectivity index (χ1n) is 10.4. The number of aryl methyl sites for hydroxylation is 2. The Morgan fingerprint density at radius 2 is 1.93 bits per heavy atom. The van der Waals surface area contributed by atoms with Gasteiger partial charge in [0.05, 0.1) is 5.69 Å². The summed E-state index contributed by atoms with van der Waals surface area (Å²) in [5.74, 6) is 4.95. The van der Waals surface area contributed by atoms with E-state index in [-0.39, 0.29) is 5.54 Å². The maximum atomic E-state index is 5.67. The molecule has 27 heavy (non-hydrogen) atoms. The van der Waals surface area contributed by atoms with Gasteiger partial charge in [-0.3, -0.25) is 4.90 Å². The molecule has 2 N–H and O–H groups in total. The van der Waals surface area contributed by atoms with Crippen molar-refractivity contribution in [3.05, 3.63) is 17.3 Å². The van der Waals surface area contributed by atoms with E-state index in [9.17, 15) is 0 Å². The number of guanidine groups is 1. The third kappa shape index (κ3) is 5.41. The van der Waals surface area contributed by atoms with Crippen molar-refractivity contribution >= 4 is 17.7 Å². The second kappa shape index (κ2) is 9.82. The van der Waals surface area contributed by atoms with Crippen molar-refractivity contribution in [2.24, 2.45) is 4.99 Å². The van der Waals surface area contributed by atoms with Crippen LogP contribution in [0.3, 0.4) is 0 Å². The summed E-state index contributed by atoms with van der Waals surface area (Å²) >= 11 is 2.09. The smallest absolute Gasteiger partial charge is 0.216 e. The summed E-state index contributed by atoms with van der Waals surface area (Å²) in [7, 11) is 0. The van der Waals surface area contributed by atoms with Crippen LogP contribution < -0.4 is 10.6 Å². The number of nitrogens with zero attached hydrogens (tertiary/aromatic N) is 3. The average Bonchev–Trinajstić information content (AvgIpc) is 3.03. The molecule has 3 rings (SSSR count). The number of nitrogens with one attached hydrogen (secondary N) is 2. The van der Waals surface area contributed by atoms with E-state index in [1.807, 2.05) is 13.8 Å². The van der Waals surface area contributed by atoms with Crippen LogP contribution in [0.25, 0.3) is 0 Å². The van der Waals surface area contributed by atoms with E-state index in [2.05, 4.69) is 39.2 Å². The Kier molecular flexibility index (Phi) is 7.47. The van der Waals surface area contributed by atoms with E-state index in [1.165, 1.54) is 56.7 Å². The predicted octanol–water partition coefficient (Wildman–Crippen LogP) is 3.10. The zero-order valence-electron chi connectivity index (χ0n) is 17.1. The summed E-state index contributed by atoms with van der Waals surface area (Å²) in [5, 5.41) is 7.02. The van der Waals surface area contributed by atoms with Crippen LogP contribution in [-0.4, -0.2) is 59.1 Å². The predicted molar refractivity (Wildman–Crippen MR) is 114 cm³/mol. The molecule has 1 saturated heterocycles. The molecule has 2 aliphatic rings. The molecule has 1 aliphatic carbocycles. The summed E-state index contributed by atoms with van der Waals surface area (Å²) < 4.78 is 5.67. The van der Waals surface area contributed by atoms with Crippen molar-refractivity contribution in [2.75, 3.05) is 37.7 Å². The third-order valence-corrected chi connectivity index (χ3v) is 6.78. The van der Waals surface area contributed by atoms with Crippen LogP contribution >= 0.6 is 11.8 Å². The number of hydrogen-bond donors (Lipinski definition) is 2. The van der Waals surface area contributed by atoms with E-state index < -0.39 is 0 Å².